The molecule has 1 N–H and O–H groups in total. The van der Waals surface area contributed by atoms with Crippen LogP contribution < -0.4 is 5.32 Å². The quantitative estimate of drug-likeness (QED) is 0.685. The predicted molar refractivity (Wildman–Crippen MR) is 100 cm³/mol. The maximum Gasteiger partial charge on any atom is 0.257 e. The van der Waals surface area contributed by atoms with E-state index in [0.717, 1.165) is 17.5 Å². The van der Waals surface area contributed by atoms with Gasteiger partial charge in [0, 0.05) is 22.1 Å². The highest BCUT2D eigenvalue weighted by Gasteiger charge is 2.18. The number of amides is 1. The van der Waals surface area contributed by atoms with Gasteiger partial charge in [-0.2, -0.15) is 0 Å². The third-order valence-corrected chi connectivity index (χ3v) is 4.29. The van der Waals surface area contributed by atoms with E-state index in [4.69, 9.17) is 11.6 Å². The van der Waals surface area contributed by atoms with Crippen LogP contribution in [0, 0.1) is 13.8 Å². The Morgan fingerprint density at radius 3 is 2.28 bits per heavy atom. The SMILES string of the molecule is Cc1ccc(NC(=O)c2cc(C=O)n(-c3ccc(Cl)cc3)c2C)cc1. The summed E-state index contributed by atoms with van der Waals surface area (Å²) in [4.78, 5) is 24.1. The second-order valence-electron chi connectivity index (χ2n) is 5.82. The number of anilines is 1. The number of rotatable bonds is 4. The summed E-state index contributed by atoms with van der Waals surface area (Å²) >= 11 is 5.93. The van der Waals surface area contributed by atoms with Gasteiger partial charge >= 0.3 is 0 Å². The van der Waals surface area contributed by atoms with Crippen LogP contribution in [0.2, 0.25) is 5.02 Å². The van der Waals surface area contributed by atoms with Crippen LogP contribution in [0.4, 0.5) is 5.69 Å². The summed E-state index contributed by atoms with van der Waals surface area (Å²) in [5.41, 5.74) is 4.16. The van der Waals surface area contributed by atoms with Crippen LogP contribution in [0.25, 0.3) is 5.69 Å². The molecule has 0 saturated carbocycles. The Morgan fingerprint density at radius 2 is 1.68 bits per heavy atom. The van der Waals surface area contributed by atoms with Crippen LogP contribution in [0.15, 0.2) is 54.6 Å². The Labute approximate surface area is 151 Å². The van der Waals surface area contributed by atoms with Crippen LogP contribution in [-0.4, -0.2) is 16.8 Å². The van der Waals surface area contributed by atoms with Gasteiger partial charge in [-0.05, 0) is 56.3 Å². The number of halogens is 1. The Bertz CT molecular complexity index is 926. The first-order valence-electron chi connectivity index (χ1n) is 7.81. The van der Waals surface area contributed by atoms with Gasteiger partial charge in [0.2, 0.25) is 0 Å². The number of nitrogens with one attached hydrogen (secondary N) is 1. The molecule has 0 saturated heterocycles. The minimum Gasteiger partial charge on any atom is -0.322 e. The van der Waals surface area contributed by atoms with E-state index in [9.17, 15) is 9.59 Å². The highest BCUT2D eigenvalue weighted by molar-refractivity contribution is 6.30. The van der Waals surface area contributed by atoms with E-state index in [1.54, 1.807) is 22.8 Å². The third-order valence-electron chi connectivity index (χ3n) is 4.04. The molecule has 0 atom stereocenters. The maximum atomic E-state index is 12.6. The molecule has 0 radical (unpaired) electrons. The van der Waals surface area contributed by atoms with Gasteiger partial charge in [0.1, 0.15) is 0 Å². The number of hydrogen-bond acceptors (Lipinski definition) is 2. The van der Waals surface area contributed by atoms with E-state index in [2.05, 4.69) is 5.32 Å². The van der Waals surface area contributed by atoms with E-state index in [0.29, 0.717) is 27.7 Å². The lowest BCUT2D eigenvalue weighted by Gasteiger charge is -2.10. The van der Waals surface area contributed by atoms with Gasteiger partial charge in [-0.15, -0.1) is 0 Å². The van der Waals surface area contributed by atoms with Crippen molar-refractivity contribution in [3.05, 3.63) is 82.1 Å². The Morgan fingerprint density at radius 1 is 1.04 bits per heavy atom. The standard InChI is InChI=1S/C20H17ClN2O2/c1-13-3-7-16(8-4-13)22-20(25)19-11-18(12-24)23(14(19)2)17-9-5-15(21)6-10-17/h3-12H,1-2H3,(H,22,25). The summed E-state index contributed by atoms with van der Waals surface area (Å²) in [5.74, 6) is -0.253. The highest BCUT2D eigenvalue weighted by Crippen LogP contribution is 2.23. The summed E-state index contributed by atoms with van der Waals surface area (Å²) in [6.45, 7) is 3.80. The van der Waals surface area contributed by atoms with Crippen molar-refractivity contribution in [2.45, 2.75) is 13.8 Å². The lowest BCUT2D eigenvalue weighted by molar-refractivity contribution is 0.102. The molecule has 4 nitrogen and oxygen atoms in total. The summed E-state index contributed by atoms with van der Waals surface area (Å²) in [6.07, 6.45) is 0.740. The lowest BCUT2D eigenvalue weighted by atomic mass is 10.2. The second kappa shape index (κ2) is 6.95. The van der Waals surface area contributed by atoms with E-state index in [1.807, 2.05) is 50.2 Å². The Hall–Kier alpha value is -2.85. The molecule has 126 valence electrons. The molecular formula is C20H17ClN2O2. The van der Waals surface area contributed by atoms with E-state index >= 15 is 0 Å². The fourth-order valence-electron chi connectivity index (χ4n) is 2.72. The van der Waals surface area contributed by atoms with Crippen LogP contribution in [-0.2, 0) is 0 Å². The highest BCUT2D eigenvalue weighted by atomic mass is 35.5. The average molecular weight is 353 g/mol. The van der Waals surface area contributed by atoms with E-state index < -0.39 is 0 Å². The van der Waals surface area contributed by atoms with Crippen molar-refractivity contribution >= 4 is 29.5 Å². The molecule has 5 heteroatoms. The van der Waals surface area contributed by atoms with Gasteiger partial charge in [-0.1, -0.05) is 29.3 Å². The van der Waals surface area contributed by atoms with Gasteiger partial charge in [0.25, 0.3) is 5.91 Å². The van der Waals surface area contributed by atoms with Gasteiger partial charge in [-0.25, -0.2) is 0 Å². The molecule has 0 aliphatic rings. The van der Waals surface area contributed by atoms with Crippen molar-refractivity contribution in [1.29, 1.82) is 0 Å². The number of aldehydes is 1. The molecular weight excluding hydrogens is 336 g/mol. The number of hydrogen-bond donors (Lipinski definition) is 1. The van der Waals surface area contributed by atoms with Crippen molar-refractivity contribution in [3.8, 4) is 5.69 Å². The zero-order valence-electron chi connectivity index (χ0n) is 13.9. The summed E-state index contributed by atoms with van der Waals surface area (Å²) in [6, 6.07) is 16.3. The normalized spacial score (nSPS) is 10.5. The average Bonchev–Trinajstić information content (AvgIpc) is 2.94. The molecule has 1 heterocycles. The zero-order chi connectivity index (χ0) is 18.0. The fourth-order valence-corrected chi connectivity index (χ4v) is 2.84. The minimum atomic E-state index is -0.253. The number of nitrogens with zero attached hydrogens (tertiary/aromatic N) is 1. The van der Waals surface area contributed by atoms with Crippen molar-refractivity contribution in [3.63, 3.8) is 0 Å². The topological polar surface area (TPSA) is 51.1 Å². The van der Waals surface area contributed by atoms with E-state index in [-0.39, 0.29) is 5.91 Å². The monoisotopic (exact) mass is 352 g/mol. The lowest BCUT2D eigenvalue weighted by Crippen LogP contribution is -2.13. The third kappa shape index (κ3) is 3.49. The molecule has 0 aliphatic heterocycles. The van der Waals surface area contributed by atoms with Crippen LogP contribution in [0.5, 0.6) is 0 Å². The van der Waals surface area contributed by atoms with Gasteiger partial charge < -0.3 is 9.88 Å². The van der Waals surface area contributed by atoms with Crippen LogP contribution >= 0.6 is 11.6 Å². The molecule has 2 aromatic carbocycles. The van der Waals surface area contributed by atoms with E-state index in [1.165, 1.54) is 0 Å². The molecule has 0 unspecified atom stereocenters. The molecule has 1 amide bonds. The van der Waals surface area contributed by atoms with Crippen molar-refractivity contribution in [2.75, 3.05) is 5.32 Å². The maximum absolute atomic E-state index is 12.6. The van der Waals surface area contributed by atoms with Crippen LogP contribution in [0.1, 0.15) is 32.1 Å². The smallest absolute Gasteiger partial charge is 0.257 e. The fraction of sp³-hybridized carbons (Fsp3) is 0.100. The zero-order valence-corrected chi connectivity index (χ0v) is 14.7. The molecule has 3 aromatic rings. The first kappa shape index (κ1) is 17.0. The number of carbonyl (C=O) groups excluding carboxylic acids is 2. The van der Waals surface area contributed by atoms with Crippen molar-refractivity contribution in [1.82, 2.24) is 4.57 Å². The molecule has 3 rings (SSSR count). The van der Waals surface area contributed by atoms with Gasteiger partial charge in [-0.3, -0.25) is 9.59 Å². The van der Waals surface area contributed by atoms with Gasteiger partial charge in [0.15, 0.2) is 6.29 Å². The number of benzene rings is 2. The number of carbonyl (C=O) groups is 2. The molecule has 0 bridgehead atoms. The molecule has 0 spiro atoms. The molecule has 0 fully saturated rings. The minimum absolute atomic E-state index is 0.253. The van der Waals surface area contributed by atoms with Crippen molar-refractivity contribution < 1.29 is 9.59 Å². The summed E-state index contributed by atoms with van der Waals surface area (Å²) < 4.78 is 1.74. The number of aryl methyl sites for hydroxylation is 1. The first-order chi connectivity index (χ1) is 12.0. The summed E-state index contributed by atoms with van der Waals surface area (Å²) in [5, 5.41) is 3.47. The van der Waals surface area contributed by atoms with Gasteiger partial charge in [0.05, 0.1) is 11.3 Å². The molecule has 1 aromatic heterocycles. The predicted octanol–water partition coefficient (Wildman–Crippen LogP) is 4.81. The first-order valence-corrected chi connectivity index (χ1v) is 8.19. The van der Waals surface area contributed by atoms with Crippen molar-refractivity contribution in [2.24, 2.45) is 0 Å². The Balaban J connectivity index is 1.97. The largest absolute Gasteiger partial charge is 0.322 e. The van der Waals surface area contributed by atoms with Crippen LogP contribution in [0.3, 0.4) is 0 Å². The number of aromatic nitrogens is 1. The second-order valence-corrected chi connectivity index (χ2v) is 6.25. The Kier molecular flexibility index (Phi) is 4.72. The summed E-state index contributed by atoms with van der Waals surface area (Å²) in [7, 11) is 0. The molecule has 0 aliphatic carbocycles. The molecule has 25 heavy (non-hydrogen) atoms.